The van der Waals surface area contributed by atoms with E-state index in [2.05, 4.69) is 34.0 Å². The number of nitrogens with one attached hydrogen (secondary N) is 1. The number of piperidine rings is 1. The predicted molar refractivity (Wildman–Crippen MR) is 104 cm³/mol. The van der Waals surface area contributed by atoms with Crippen molar-refractivity contribution in [3.05, 3.63) is 51.7 Å². The molecule has 0 spiro atoms. The largest absolute Gasteiger partial charge is 0.465 e. The second-order valence-corrected chi connectivity index (χ2v) is 7.85. The molecule has 1 aliphatic heterocycles. The van der Waals surface area contributed by atoms with Crippen LogP contribution in [0.25, 0.3) is 0 Å². The Morgan fingerprint density at radius 1 is 1.12 bits per heavy atom. The van der Waals surface area contributed by atoms with Crippen LogP contribution in [0.1, 0.15) is 44.7 Å². The van der Waals surface area contributed by atoms with Gasteiger partial charge in [-0.25, -0.2) is 4.79 Å². The Bertz CT molecular complexity index is 762. The van der Waals surface area contributed by atoms with Crippen LogP contribution < -0.4 is 5.32 Å². The van der Waals surface area contributed by atoms with Gasteiger partial charge in [-0.05, 0) is 61.7 Å². The van der Waals surface area contributed by atoms with E-state index in [4.69, 9.17) is 0 Å². The summed E-state index contributed by atoms with van der Waals surface area (Å²) in [6.07, 6.45) is 2.53. The lowest BCUT2D eigenvalue weighted by molar-refractivity contribution is 0.0606. The van der Waals surface area contributed by atoms with Crippen LogP contribution in [0.3, 0.4) is 0 Å². The van der Waals surface area contributed by atoms with E-state index in [9.17, 15) is 9.59 Å². The summed E-state index contributed by atoms with van der Waals surface area (Å²) in [4.78, 5) is 27.2. The summed E-state index contributed by atoms with van der Waals surface area (Å²) in [6, 6.07) is 11.2. The molecular formula is C20H24N2O3S. The lowest BCUT2D eigenvalue weighted by atomic mass is 9.99. The maximum absolute atomic E-state index is 12.3. The summed E-state index contributed by atoms with van der Waals surface area (Å²) in [5, 5.41) is 2.87. The lowest BCUT2D eigenvalue weighted by Crippen LogP contribution is -2.32. The van der Waals surface area contributed by atoms with Crippen LogP contribution in [0.4, 0.5) is 5.69 Å². The second-order valence-electron chi connectivity index (χ2n) is 6.77. The van der Waals surface area contributed by atoms with Crippen molar-refractivity contribution in [2.75, 3.05) is 25.5 Å². The number of hydrogen-bond acceptors (Lipinski definition) is 5. The van der Waals surface area contributed by atoms with Gasteiger partial charge in [0.2, 0.25) is 0 Å². The first-order valence-electron chi connectivity index (χ1n) is 8.86. The van der Waals surface area contributed by atoms with Gasteiger partial charge in [-0.2, -0.15) is 0 Å². The number of methoxy groups -OCH3 is 1. The molecule has 0 bridgehead atoms. The summed E-state index contributed by atoms with van der Waals surface area (Å²) in [5.41, 5.74) is 2.00. The van der Waals surface area contributed by atoms with Gasteiger partial charge in [0.15, 0.2) is 0 Å². The van der Waals surface area contributed by atoms with E-state index in [1.54, 1.807) is 12.1 Å². The van der Waals surface area contributed by atoms with E-state index < -0.39 is 5.97 Å². The summed E-state index contributed by atoms with van der Waals surface area (Å²) in [7, 11) is 1.33. The van der Waals surface area contributed by atoms with Crippen LogP contribution >= 0.6 is 11.3 Å². The highest BCUT2D eigenvalue weighted by molar-refractivity contribution is 7.16. The first kappa shape index (κ1) is 18.6. The smallest absolute Gasteiger partial charge is 0.348 e. The molecule has 0 aliphatic carbocycles. The van der Waals surface area contributed by atoms with Crippen molar-refractivity contribution >= 4 is 28.9 Å². The molecule has 0 saturated carbocycles. The molecule has 6 heteroatoms. The Hall–Kier alpha value is -2.18. The topological polar surface area (TPSA) is 58.6 Å². The molecule has 138 valence electrons. The number of nitrogens with zero attached hydrogens (tertiary/aromatic N) is 1. The molecule has 1 aliphatic rings. The van der Waals surface area contributed by atoms with Crippen molar-refractivity contribution in [2.24, 2.45) is 5.92 Å². The van der Waals surface area contributed by atoms with Crippen molar-refractivity contribution in [3.8, 4) is 0 Å². The Labute approximate surface area is 158 Å². The molecule has 1 aromatic carbocycles. The highest BCUT2D eigenvalue weighted by Gasteiger charge is 2.16. The maximum atomic E-state index is 12.3. The zero-order valence-electron chi connectivity index (χ0n) is 15.2. The molecule has 3 rings (SSSR count). The molecule has 1 aromatic heterocycles. The monoisotopic (exact) mass is 372 g/mol. The van der Waals surface area contributed by atoms with E-state index in [1.165, 1.54) is 25.5 Å². The number of benzene rings is 1. The Balaban J connectivity index is 1.56. The van der Waals surface area contributed by atoms with Crippen molar-refractivity contribution < 1.29 is 14.3 Å². The standard InChI is InChI=1S/C20H24N2O3S/c1-14-9-11-22(12-10-14)13-15-3-5-16(6-4-15)21-19(23)17-7-8-18(26-17)20(24)25-2/h3-8,14H,9-13H2,1-2H3,(H,21,23). The average molecular weight is 372 g/mol. The summed E-state index contributed by atoms with van der Waals surface area (Å²) < 4.78 is 4.66. The quantitative estimate of drug-likeness (QED) is 0.806. The SMILES string of the molecule is COC(=O)c1ccc(C(=O)Nc2ccc(CN3CCC(C)CC3)cc2)s1. The first-order valence-corrected chi connectivity index (χ1v) is 9.67. The van der Waals surface area contributed by atoms with Gasteiger partial charge in [-0.3, -0.25) is 9.69 Å². The van der Waals surface area contributed by atoms with Crippen molar-refractivity contribution in [1.29, 1.82) is 0 Å². The molecule has 5 nitrogen and oxygen atoms in total. The number of esters is 1. The van der Waals surface area contributed by atoms with E-state index in [0.717, 1.165) is 42.6 Å². The maximum Gasteiger partial charge on any atom is 0.348 e. The highest BCUT2D eigenvalue weighted by atomic mass is 32.1. The van der Waals surface area contributed by atoms with E-state index >= 15 is 0 Å². The van der Waals surface area contributed by atoms with Crippen LogP contribution in [0.2, 0.25) is 0 Å². The van der Waals surface area contributed by atoms with Crippen molar-refractivity contribution in [2.45, 2.75) is 26.3 Å². The van der Waals surface area contributed by atoms with Crippen LogP contribution in [0.5, 0.6) is 0 Å². The van der Waals surface area contributed by atoms with Gasteiger partial charge in [0.1, 0.15) is 4.88 Å². The van der Waals surface area contributed by atoms with E-state index in [1.807, 2.05) is 12.1 Å². The van der Waals surface area contributed by atoms with Gasteiger partial charge in [-0.15, -0.1) is 11.3 Å². The van der Waals surface area contributed by atoms with Crippen molar-refractivity contribution in [3.63, 3.8) is 0 Å². The molecule has 1 fully saturated rings. The van der Waals surface area contributed by atoms with E-state index in [-0.39, 0.29) is 5.91 Å². The van der Waals surface area contributed by atoms with Gasteiger partial charge in [0.25, 0.3) is 5.91 Å². The third-order valence-electron chi connectivity index (χ3n) is 4.71. The number of carbonyl (C=O) groups is 2. The number of likely N-dealkylation sites (tertiary alicyclic amines) is 1. The Kier molecular flexibility index (Phi) is 6.06. The van der Waals surface area contributed by atoms with Gasteiger partial charge < -0.3 is 10.1 Å². The summed E-state index contributed by atoms with van der Waals surface area (Å²) in [5.74, 6) is 0.189. The molecule has 1 saturated heterocycles. The molecule has 1 N–H and O–H groups in total. The number of carbonyl (C=O) groups excluding carboxylic acids is 2. The van der Waals surface area contributed by atoms with Crippen LogP contribution in [0, 0.1) is 5.92 Å². The molecule has 0 atom stereocenters. The number of anilines is 1. The first-order chi connectivity index (χ1) is 12.5. The van der Waals surface area contributed by atoms with Crippen LogP contribution in [-0.2, 0) is 11.3 Å². The minimum absolute atomic E-state index is 0.220. The van der Waals surface area contributed by atoms with Gasteiger partial charge in [0.05, 0.1) is 12.0 Å². The summed E-state index contributed by atoms with van der Waals surface area (Å²) in [6.45, 7) is 5.58. The number of thiophene rings is 1. The molecule has 0 radical (unpaired) electrons. The Morgan fingerprint density at radius 2 is 1.77 bits per heavy atom. The second kappa shape index (κ2) is 8.47. The number of amides is 1. The van der Waals surface area contributed by atoms with Crippen LogP contribution in [-0.4, -0.2) is 37.0 Å². The normalized spacial score (nSPS) is 15.6. The molecule has 0 unspecified atom stereocenters. The third kappa shape index (κ3) is 4.71. The third-order valence-corrected chi connectivity index (χ3v) is 5.77. The van der Waals surface area contributed by atoms with Gasteiger partial charge >= 0.3 is 5.97 Å². The zero-order valence-corrected chi connectivity index (χ0v) is 16.0. The van der Waals surface area contributed by atoms with Gasteiger partial charge in [-0.1, -0.05) is 19.1 Å². The molecule has 1 amide bonds. The minimum atomic E-state index is -0.425. The number of ether oxygens (including phenoxy) is 1. The fraction of sp³-hybridized carbons (Fsp3) is 0.400. The highest BCUT2D eigenvalue weighted by Crippen LogP contribution is 2.21. The van der Waals surface area contributed by atoms with E-state index in [0.29, 0.717) is 9.75 Å². The summed E-state index contributed by atoms with van der Waals surface area (Å²) >= 11 is 1.13. The number of hydrogen-bond donors (Lipinski definition) is 1. The average Bonchev–Trinajstić information content (AvgIpc) is 3.15. The molecule has 2 heterocycles. The Morgan fingerprint density at radius 3 is 2.42 bits per heavy atom. The fourth-order valence-corrected chi connectivity index (χ4v) is 3.85. The van der Waals surface area contributed by atoms with Crippen molar-refractivity contribution in [1.82, 2.24) is 4.90 Å². The zero-order chi connectivity index (χ0) is 18.5. The number of rotatable bonds is 5. The lowest BCUT2D eigenvalue weighted by Gasteiger charge is -2.30. The molecule has 26 heavy (non-hydrogen) atoms. The fourth-order valence-electron chi connectivity index (χ4n) is 3.03. The van der Waals surface area contributed by atoms with Gasteiger partial charge in [0, 0.05) is 12.2 Å². The predicted octanol–water partition coefficient (Wildman–Crippen LogP) is 4.02. The molecule has 2 aromatic rings. The molecular weight excluding hydrogens is 348 g/mol. The van der Waals surface area contributed by atoms with Crippen LogP contribution in [0.15, 0.2) is 36.4 Å². The minimum Gasteiger partial charge on any atom is -0.465 e.